The van der Waals surface area contributed by atoms with Crippen LogP contribution in [-0.4, -0.2) is 22.4 Å². The van der Waals surface area contributed by atoms with E-state index in [0.29, 0.717) is 13.0 Å². The zero-order valence-electron chi connectivity index (χ0n) is 13.6. The minimum Gasteiger partial charge on any atom is -0.466 e. The lowest BCUT2D eigenvalue weighted by molar-refractivity contribution is -0.142. The average molecular weight is 300 g/mol. The summed E-state index contributed by atoms with van der Waals surface area (Å²) in [6.45, 7) is 6.42. The quantitative estimate of drug-likeness (QED) is 0.733. The van der Waals surface area contributed by atoms with Gasteiger partial charge in [0.15, 0.2) is 0 Å². The Morgan fingerprint density at radius 3 is 2.59 bits per heavy atom. The zero-order chi connectivity index (χ0) is 15.9. The van der Waals surface area contributed by atoms with Crippen molar-refractivity contribution in [2.45, 2.75) is 46.5 Å². The molecule has 0 atom stereocenters. The molecule has 0 N–H and O–H groups in total. The van der Waals surface area contributed by atoms with E-state index in [1.165, 1.54) is 0 Å². The van der Waals surface area contributed by atoms with Gasteiger partial charge < -0.3 is 4.74 Å². The van der Waals surface area contributed by atoms with Crippen molar-refractivity contribution in [3.63, 3.8) is 0 Å². The summed E-state index contributed by atoms with van der Waals surface area (Å²) >= 11 is 0. The maximum absolute atomic E-state index is 11.9. The molecule has 2 aromatic rings. The number of unbranched alkanes of at least 4 members (excludes halogenated alkanes) is 1. The van der Waals surface area contributed by atoms with E-state index < -0.39 is 0 Å². The molecule has 1 heterocycles. The van der Waals surface area contributed by atoms with Gasteiger partial charge in [0.25, 0.3) is 0 Å². The summed E-state index contributed by atoms with van der Waals surface area (Å²) in [5, 5.41) is 4.74. The van der Waals surface area contributed by atoms with Crippen LogP contribution in [0.25, 0.3) is 5.69 Å². The molecular weight excluding hydrogens is 276 g/mol. The summed E-state index contributed by atoms with van der Waals surface area (Å²) in [6.07, 6.45) is 3.37. The smallest absolute Gasteiger partial charge is 0.310 e. The molecule has 0 aliphatic rings. The van der Waals surface area contributed by atoms with Crippen LogP contribution in [0.15, 0.2) is 30.3 Å². The third-order valence-electron chi connectivity index (χ3n) is 3.72. The largest absolute Gasteiger partial charge is 0.466 e. The summed E-state index contributed by atoms with van der Waals surface area (Å²) in [7, 11) is 0. The summed E-state index contributed by atoms with van der Waals surface area (Å²) in [5.74, 6) is -0.184. The molecule has 0 saturated heterocycles. The van der Waals surface area contributed by atoms with Crippen LogP contribution >= 0.6 is 0 Å². The Labute approximate surface area is 132 Å². The Hall–Kier alpha value is -2.10. The zero-order valence-corrected chi connectivity index (χ0v) is 13.6. The molecule has 4 heteroatoms. The molecule has 0 saturated carbocycles. The van der Waals surface area contributed by atoms with Gasteiger partial charge in [-0.15, -0.1) is 0 Å². The first kappa shape index (κ1) is 16.3. The molecule has 0 aliphatic carbocycles. The molecule has 22 heavy (non-hydrogen) atoms. The maximum Gasteiger partial charge on any atom is 0.310 e. The van der Waals surface area contributed by atoms with Gasteiger partial charge in [0.1, 0.15) is 0 Å². The van der Waals surface area contributed by atoms with Gasteiger partial charge in [0, 0.05) is 11.3 Å². The highest BCUT2D eigenvalue weighted by atomic mass is 16.5. The molecule has 0 radical (unpaired) electrons. The van der Waals surface area contributed by atoms with E-state index in [9.17, 15) is 4.79 Å². The van der Waals surface area contributed by atoms with Crippen molar-refractivity contribution in [3.8, 4) is 5.69 Å². The van der Waals surface area contributed by atoms with E-state index in [0.717, 1.165) is 41.9 Å². The molecule has 0 amide bonds. The second kappa shape index (κ2) is 7.78. The lowest BCUT2D eigenvalue weighted by Crippen LogP contribution is -2.09. The summed E-state index contributed by atoms with van der Waals surface area (Å²) < 4.78 is 7.03. The molecule has 0 bridgehead atoms. The fourth-order valence-corrected chi connectivity index (χ4v) is 2.54. The summed E-state index contributed by atoms with van der Waals surface area (Å²) in [6, 6.07) is 10.0. The maximum atomic E-state index is 11.9. The van der Waals surface area contributed by atoms with E-state index in [-0.39, 0.29) is 5.97 Å². The highest BCUT2D eigenvalue weighted by Crippen LogP contribution is 2.21. The van der Waals surface area contributed by atoms with E-state index in [1.807, 2.05) is 48.9 Å². The van der Waals surface area contributed by atoms with E-state index >= 15 is 0 Å². The molecule has 1 aromatic heterocycles. The normalized spacial score (nSPS) is 10.7. The highest BCUT2D eigenvalue weighted by molar-refractivity contribution is 5.73. The highest BCUT2D eigenvalue weighted by Gasteiger charge is 2.18. The fourth-order valence-electron chi connectivity index (χ4n) is 2.54. The van der Waals surface area contributed by atoms with E-state index in [1.54, 1.807) is 0 Å². The van der Waals surface area contributed by atoms with Crippen LogP contribution in [-0.2, 0) is 22.4 Å². The van der Waals surface area contributed by atoms with Gasteiger partial charge in [-0.2, -0.15) is 5.10 Å². The monoisotopic (exact) mass is 300 g/mol. The van der Waals surface area contributed by atoms with Gasteiger partial charge in [-0.05, 0) is 38.8 Å². The first-order valence-electron chi connectivity index (χ1n) is 7.95. The summed E-state index contributed by atoms with van der Waals surface area (Å²) in [4.78, 5) is 11.9. The van der Waals surface area contributed by atoms with E-state index in [4.69, 9.17) is 9.84 Å². The second-order valence-corrected chi connectivity index (χ2v) is 5.34. The molecule has 4 nitrogen and oxygen atoms in total. The number of aryl methyl sites for hydroxylation is 1. The van der Waals surface area contributed by atoms with Crippen LogP contribution in [0, 0.1) is 6.92 Å². The van der Waals surface area contributed by atoms with Crippen molar-refractivity contribution in [1.82, 2.24) is 9.78 Å². The summed E-state index contributed by atoms with van der Waals surface area (Å²) in [5.41, 5.74) is 4.06. The Bertz CT molecular complexity index is 618. The van der Waals surface area contributed by atoms with Crippen molar-refractivity contribution in [1.29, 1.82) is 0 Å². The third-order valence-corrected chi connectivity index (χ3v) is 3.72. The molecule has 0 spiro atoms. The number of hydrogen-bond donors (Lipinski definition) is 0. The second-order valence-electron chi connectivity index (χ2n) is 5.34. The van der Waals surface area contributed by atoms with Crippen molar-refractivity contribution in [2.24, 2.45) is 0 Å². The lowest BCUT2D eigenvalue weighted by atomic mass is 10.1. The van der Waals surface area contributed by atoms with Gasteiger partial charge in [-0.1, -0.05) is 31.5 Å². The number of rotatable bonds is 7. The number of aromatic nitrogens is 2. The number of carbonyl (C=O) groups is 1. The van der Waals surface area contributed by atoms with Gasteiger partial charge in [0.05, 0.1) is 24.4 Å². The predicted molar refractivity (Wildman–Crippen MR) is 87.3 cm³/mol. The first-order chi connectivity index (χ1) is 10.7. The Balaban J connectivity index is 2.36. The number of ether oxygens (including phenoxy) is 1. The minimum atomic E-state index is -0.184. The van der Waals surface area contributed by atoms with Crippen molar-refractivity contribution >= 4 is 5.97 Å². The number of carbonyl (C=O) groups excluding carboxylic acids is 1. The van der Waals surface area contributed by atoms with Crippen LogP contribution < -0.4 is 0 Å². The number of benzene rings is 1. The average Bonchev–Trinajstić information content (AvgIpc) is 2.83. The Morgan fingerprint density at radius 1 is 1.23 bits per heavy atom. The SMILES string of the molecule is CCCCc1nn(-c2ccccc2)c(C)c1CC(=O)OCC. The topological polar surface area (TPSA) is 44.1 Å². The molecule has 2 rings (SSSR count). The molecule has 1 aromatic carbocycles. The molecule has 0 fully saturated rings. The van der Waals surface area contributed by atoms with E-state index in [2.05, 4.69) is 6.92 Å². The fraction of sp³-hybridized carbons (Fsp3) is 0.444. The Morgan fingerprint density at radius 2 is 1.95 bits per heavy atom. The molecular formula is C18H24N2O2. The van der Waals surface area contributed by atoms with Crippen LogP contribution in [0.1, 0.15) is 43.6 Å². The van der Waals surface area contributed by atoms with Crippen LogP contribution in [0.5, 0.6) is 0 Å². The van der Waals surface area contributed by atoms with Crippen molar-refractivity contribution in [3.05, 3.63) is 47.3 Å². The standard InChI is InChI=1S/C18H24N2O2/c1-4-6-12-17-16(13-18(21)22-5-2)14(3)20(19-17)15-10-8-7-9-11-15/h7-11H,4-6,12-13H2,1-3H3. The van der Waals surface area contributed by atoms with Crippen LogP contribution in [0.4, 0.5) is 0 Å². The van der Waals surface area contributed by atoms with Crippen LogP contribution in [0.3, 0.4) is 0 Å². The van der Waals surface area contributed by atoms with Crippen molar-refractivity contribution in [2.75, 3.05) is 6.61 Å². The van der Waals surface area contributed by atoms with Gasteiger partial charge >= 0.3 is 5.97 Å². The molecule has 0 aliphatic heterocycles. The Kier molecular flexibility index (Phi) is 5.75. The lowest BCUT2D eigenvalue weighted by Gasteiger charge is -2.05. The molecule has 0 unspecified atom stereocenters. The minimum absolute atomic E-state index is 0.184. The number of para-hydroxylation sites is 1. The van der Waals surface area contributed by atoms with Crippen LogP contribution in [0.2, 0.25) is 0 Å². The first-order valence-corrected chi connectivity index (χ1v) is 7.95. The number of nitrogens with zero attached hydrogens (tertiary/aromatic N) is 2. The van der Waals surface area contributed by atoms with Gasteiger partial charge in [0.2, 0.25) is 0 Å². The van der Waals surface area contributed by atoms with Gasteiger partial charge in [-0.3, -0.25) is 4.79 Å². The predicted octanol–water partition coefficient (Wildman–Crippen LogP) is 3.63. The number of esters is 1. The third kappa shape index (κ3) is 3.75. The van der Waals surface area contributed by atoms with Gasteiger partial charge in [-0.25, -0.2) is 4.68 Å². The number of hydrogen-bond acceptors (Lipinski definition) is 3. The molecule has 118 valence electrons. The van der Waals surface area contributed by atoms with Crippen molar-refractivity contribution < 1.29 is 9.53 Å².